The summed E-state index contributed by atoms with van der Waals surface area (Å²) >= 11 is 0. The third-order valence-electron chi connectivity index (χ3n) is 2.69. The Morgan fingerprint density at radius 1 is 1.53 bits per heavy atom. The summed E-state index contributed by atoms with van der Waals surface area (Å²) in [7, 11) is 1.32. The SMILES string of the molecule is CCCN(CC(=O)OC)Cc1cc(C#N)ccc1F. The van der Waals surface area contributed by atoms with Crippen molar-refractivity contribution in [2.24, 2.45) is 0 Å². The van der Waals surface area contributed by atoms with E-state index in [4.69, 9.17) is 5.26 Å². The summed E-state index contributed by atoms with van der Waals surface area (Å²) in [6.07, 6.45) is 0.844. The number of nitrogens with zero attached hydrogens (tertiary/aromatic N) is 2. The van der Waals surface area contributed by atoms with Crippen LogP contribution in [-0.4, -0.2) is 31.1 Å². The third kappa shape index (κ3) is 4.68. The highest BCUT2D eigenvalue weighted by Crippen LogP contribution is 2.13. The van der Waals surface area contributed by atoms with Crippen LogP contribution in [0, 0.1) is 17.1 Å². The molecule has 0 atom stereocenters. The van der Waals surface area contributed by atoms with E-state index in [2.05, 4.69) is 4.74 Å². The molecule has 0 radical (unpaired) electrons. The van der Waals surface area contributed by atoms with Gasteiger partial charge in [-0.05, 0) is 31.2 Å². The molecule has 0 aliphatic heterocycles. The fraction of sp³-hybridized carbons (Fsp3) is 0.429. The van der Waals surface area contributed by atoms with E-state index in [1.54, 1.807) is 4.90 Å². The van der Waals surface area contributed by atoms with Crippen LogP contribution in [0.25, 0.3) is 0 Å². The van der Waals surface area contributed by atoms with Crippen molar-refractivity contribution >= 4 is 5.97 Å². The molecular weight excluding hydrogens is 247 g/mol. The van der Waals surface area contributed by atoms with Crippen molar-refractivity contribution in [1.82, 2.24) is 4.90 Å². The van der Waals surface area contributed by atoms with Gasteiger partial charge in [-0.25, -0.2) is 4.39 Å². The predicted octanol–water partition coefficient (Wildman–Crippen LogP) is 2.08. The smallest absolute Gasteiger partial charge is 0.319 e. The van der Waals surface area contributed by atoms with Gasteiger partial charge < -0.3 is 4.74 Å². The van der Waals surface area contributed by atoms with Crippen molar-refractivity contribution in [2.45, 2.75) is 19.9 Å². The maximum Gasteiger partial charge on any atom is 0.319 e. The van der Waals surface area contributed by atoms with E-state index in [1.807, 2.05) is 13.0 Å². The first-order valence-corrected chi connectivity index (χ1v) is 6.08. The molecule has 0 heterocycles. The molecule has 0 amide bonds. The van der Waals surface area contributed by atoms with Gasteiger partial charge in [-0.3, -0.25) is 9.69 Å². The molecule has 1 rings (SSSR count). The zero-order valence-electron chi connectivity index (χ0n) is 11.1. The summed E-state index contributed by atoms with van der Waals surface area (Å²) in [5.41, 5.74) is 0.822. The number of carbonyl (C=O) groups excluding carboxylic acids is 1. The maximum absolute atomic E-state index is 13.7. The average molecular weight is 264 g/mol. The minimum atomic E-state index is -0.370. The summed E-state index contributed by atoms with van der Waals surface area (Å²) in [6.45, 7) is 3.03. The van der Waals surface area contributed by atoms with Crippen LogP contribution in [0.4, 0.5) is 4.39 Å². The lowest BCUT2D eigenvalue weighted by Crippen LogP contribution is -2.31. The minimum Gasteiger partial charge on any atom is -0.468 e. The zero-order chi connectivity index (χ0) is 14.3. The van der Waals surface area contributed by atoms with Crippen LogP contribution in [0.15, 0.2) is 18.2 Å². The Kier molecular flexibility index (Phi) is 5.97. The highest BCUT2D eigenvalue weighted by Gasteiger charge is 2.13. The lowest BCUT2D eigenvalue weighted by atomic mass is 10.1. The molecular formula is C14H17FN2O2. The maximum atomic E-state index is 13.7. The van der Waals surface area contributed by atoms with Crippen LogP contribution in [-0.2, 0) is 16.1 Å². The summed E-state index contributed by atoms with van der Waals surface area (Å²) in [4.78, 5) is 13.1. The summed E-state index contributed by atoms with van der Waals surface area (Å²) in [5.74, 6) is -0.727. The minimum absolute atomic E-state index is 0.112. The van der Waals surface area contributed by atoms with Gasteiger partial charge in [0.1, 0.15) is 5.82 Å². The van der Waals surface area contributed by atoms with Crippen molar-refractivity contribution < 1.29 is 13.9 Å². The molecule has 0 N–H and O–H groups in total. The van der Waals surface area contributed by atoms with Crippen molar-refractivity contribution in [3.8, 4) is 6.07 Å². The Morgan fingerprint density at radius 2 is 2.26 bits per heavy atom. The molecule has 0 fully saturated rings. The van der Waals surface area contributed by atoms with Crippen molar-refractivity contribution in [2.75, 3.05) is 20.2 Å². The molecule has 0 saturated carbocycles. The zero-order valence-corrected chi connectivity index (χ0v) is 11.1. The topological polar surface area (TPSA) is 53.3 Å². The standard InChI is InChI=1S/C14H17FN2O2/c1-3-6-17(10-14(18)19-2)9-12-7-11(8-16)4-5-13(12)15/h4-5,7H,3,6,9-10H2,1-2H3. The fourth-order valence-electron chi connectivity index (χ4n) is 1.78. The lowest BCUT2D eigenvalue weighted by Gasteiger charge is -2.20. The lowest BCUT2D eigenvalue weighted by molar-refractivity contribution is -0.142. The Bertz CT molecular complexity index is 483. The number of esters is 1. The van der Waals surface area contributed by atoms with Gasteiger partial charge in [0, 0.05) is 12.1 Å². The molecule has 5 heteroatoms. The number of halogens is 1. The number of hydrogen-bond acceptors (Lipinski definition) is 4. The molecule has 0 bridgehead atoms. The van der Waals surface area contributed by atoms with Gasteiger partial charge in [-0.15, -0.1) is 0 Å². The predicted molar refractivity (Wildman–Crippen MR) is 68.7 cm³/mol. The van der Waals surface area contributed by atoms with E-state index in [1.165, 1.54) is 25.3 Å². The number of benzene rings is 1. The van der Waals surface area contributed by atoms with Gasteiger partial charge in [0.2, 0.25) is 0 Å². The monoisotopic (exact) mass is 264 g/mol. The molecule has 0 aromatic heterocycles. The molecule has 0 unspecified atom stereocenters. The summed E-state index contributed by atoms with van der Waals surface area (Å²) < 4.78 is 18.3. The van der Waals surface area contributed by atoms with E-state index < -0.39 is 0 Å². The largest absolute Gasteiger partial charge is 0.468 e. The second-order valence-electron chi connectivity index (χ2n) is 4.20. The van der Waals surface area contributed by atoms with Gasteiger partial charge in [0.25, 0.3) is 0 Å². The molecule has 0 spiro atoms. The molecule has 0 aliphatic carbocycles. The molecule has 0 saturated heterocycles. The van der Waals surface area contributed by atoms with Crippen LogP contribution >= 0.6 is 0 Å². The molecule has 1 aromatic rings. The van der Waals surface area contributed by atoms with Crippen LogP contribution in [0.1, 0.15) is 24.5 Å². The van der Waals surface area contributed by atoms with Crippen molar-refractivity contribution in [1.29, 1.82) is 5.26 Å². The van der Waals surface area contributed by atoms with Crippen LogP contribution in [0.3, 0.4) is 0 Å². The molecule has 1 aromatic carbocycles. The first-order valence-electron chi connectivity index (χ1n) is 6.08. The van der Waals surface area contributed by atoms with Gasteiger partial charge in [-0.2, -0.15) is 5.26 Å². The summed E-state index contributed by atoms with van der Waals surface area (Å²) in [6, 6.07) is 6.19. The first kappa shape index (κ1) is 15.1. The van der Waals surface area contributed by atoms with Gasteiger partial charge in [0.05, 0.1) is 25.3 Å². The van der Waals surface area contributed by atoms with Crippen molar-refractivity contribution in [3.63, 3.8) is 0 Å². The molecule has 4 nitrogen and oxygen atoms in total. The normalized spacial score (nSPS) is 10.3. The van der Waals surface area contributed by atoms with Gasteiger partial charge >= 0.3 is 5.97 Å². The van der Waals surface area contributed by atoms with Crippen LogP contribution in [0.5, 0.6) is 0 Å². The number of ether oxygens (including phenoxy) is 1. The quantitative estimate of drug-likeness (QED) is 0.738. The summed E-state index contributed by atoms with van der Waals surface area (Å²) in [5, 5.41) is 8.81. The highest BCUT2D eigenvalue weighted by molar-refractivity contribution is 5.71. The number of methoxy groups -OCH3 is 1. The van der Waals surface area contributed by atoms with E-state index in [9.17, 15) is 9.18 Å². The van der Waals surface area contributed by atoms with Crippen molar-refractivity contribution in [3.05, 3.63) is 35.1 Å². The van der Waals surface area contributed by atoms with E-state index >= 15 is 0 Å². The Morgan fingerprint density at radius 3 is 2.84 bits per heavy atom. The Labute approximate surface area is 112 Å². The number of carbonyl (C=O) groups is 1. The number of nitriles is 1. The molecule has 102 valence electrons. The fourth-order valence-corrected chi connectivity index (χ4v) is 1.78. The van der Waals surface area contributed by atoms with E-state index in [0.29, 0.717) is 17.7 Å². The first-order chi connectivity index (χ1) is 9.10. The number of hydrogen-bond donors (Lipinski definition) is 0. The molecule has 19 heavy (non-hydrogen) atoms. The van der Waals surface area contributed by atoms with Crippen LogP contribution < -0.4 is 0 Å². The Hall–Kier alpha value is -1.93. The Balaban J connectivity index is 2.83. The van der Waals surface area contributed by atoms with Gasteiger partial charge in [-0.1, -0.05) is 6.92 Å². The second kappa shape index (κ2) is 7.49. The van der Waals surface area contributed by atoms with E-state index in [0.717, 1.165) is 6.42 Å². The van der Waals surface area contributed by atoms with Crippen LogP contribution in [0.2, 0.25) is 0 Å². The highest BCUT2D eigenvalue weighted by atomic mass is 19.1. The number of rotatable bonds is 6. The van der Waals surface area contributed by atoms with Gasteiger partial charge in [0.15, 0.2) is 0 Å². The average Bonchev–Trinajstić information content (AvgIpc) is 2.41. The molecule has 0 aliphatic rings. The van der Waals surface area contributed by atoms with E-state index in [-0.39, 0.29) is 24.9 Å². The third-order valence-corrected chi connectivity index (χ3v) is 2.69. The second-order valence-corrected chi connectivity index (χ2v) is 4.20.